The van der Waals surface area contributed by atoms with Crippen LogP contribution in [0.5, 0.6) is 0 Å². The molecule has 3 fully saturated rings. The van der Waals surface area contributed by atoms with Crippen molar-refractivity contribution >= 4 is 30.9 Å². The highest BCUT2D eigenvalue weighted by Crippen LogP contribution is 2.65. The molecule has 0 bridgehead atoms. The third-order valence-electron chi connectivity index (χ3n) is 10.2. The first-order valence-corrected chi connectivity index (χ1v) is 24.7. The highest BCUT2D eigenvalue weighted by molar-refractivity contribution is 6.74. The topological polar surface area (TPSA) is 48.0 Å². The van der Waals surface area contributed by atoms with Crippen LogP contribution in [0.4, 0.5) is 0 Å². The van der Waals surface area contributed by atoms with Crippen LogP contribution in [0.3, 0.4) is 0 Å². The lowest BCUT2D eigenvalue weighted by Crippen LogP contribution is -2.55. The molecule has 8 heteroatoms. The van der Waals surface area contributed by atoms with Crippen LogP contribution in [-0.4, -0.2) is 42.0 Å². The van der Waals surface area contributed by atoms with Crippen LogP contribution < -0.4 is 0 Å². The normalized spacial score (nSPS) is 34.6. The van der Waals surface area contributed by atoms with Crippen LogP contribution in [0.15, 0.2) is 23.1 Å². The highest BCUT2D eigenvalue weighted by atomic mass is 28.4. The molecule has 5 nitrogen and oxygen atoms in total. The number of amides is 1. The first-order chi connectivity index (χ1) is 17.1. The lowest BCUT2D eigenvalue weighted by atomic mass is 9.53. The average molecular weight is 578 g/mol. The molecule has 0 N–H and O–H groups in total. The van der Waals surface area contributed by atoms with Crippen LogP contribution in [0.1, 0.15) is 73.1 Å². The Bertz CT molecular complexity index is 1030. The van der Waals surface area contributed by atoms with E-state index in [9.17, 15) is 4.79 Å². The Hall–Kier alpha value is -0.679. The van der Waals surface area contributed by atoms with Crippen molar-refractivity contribution in [3.8, 4) is 0 Å². The summed E-state index contributed by atoms with van der Waals surface area (Å²) in [6.45, 7) is 30.0. The van der Waals surface area contributed by atoms with E-state index in [1.807, 2.05) is 0 Å². The fourth-order valence-electron chi connectivity index (χ4n) is 7.16. The molecule has 1 amide bonds. The molecule has 0 aromatic rings. The van der Waals surface area contributed by atoms with Gasteiger partial charge < -0.3 is 13.4 Å². The lowest BCUT2D eigenvalue weighted by molar-refractivity contribution is -0.164. The molecular weight excluding hydrogens is 523 g/mol. The Balaban J connectivity index is 1.88. The van der Waals surface area contributed by atoms with Crippen LogP contribution >= 0.6 is 0 Å². The van der Waals surface area contributed by atoms with Gasteiger partial charge in [0, 0.05) is 17.9 Å². The zero-order valence-corrected chi connectivity index (χ0v) is 29.6. The minimum Gasteiger partial charge on any atom is -0.543 e. The van der Waals surface area contributed by atoms with E-state index in [2.05, 4.69) is 93.1 Å². The maximum absolute atomic E-state index is 13.3. The zero-order valence-electron chi connectivity index (χ0n) is 26.6. The first kappa shape index (κ1) is 30.3. The van der Waals surface area contributed by atoms with Crippen LogP contribution in [-0.2, 0) is 18.2 Å². The second-order valence-electron chi connectivity index (χ2n) is 16.5. The van der Waals surface area contributed by atoms with Crippen molar-refractivity contribution in [3.05, 3.63) is 23.1 Å². The third-order valence-corrected chi connectivity index (χ3v) is 16.3. The molecular formula is C30H55NO4Si3. The van der Waals surface area contributed by atoms with Crippen LogP contribution in [0.2, 0.25) is 57.4 Å². The summed E-state index contributed by atoms with van der Waals surface area (Å²) >= 11 is 0. The predicted molar refractivity (Wildman–Crippen MR) is 164 cm³/mol. The average Bonchev–Trinajstić information content (AvgIpc) is 3.04. The Kier molecular flexibility index (Phi) is 7.51. The van der Waals surface area contributed by atoms with Crippen molar-refractivity contribution in [1.29, 1.82) is 0 Å². The SMILES string of the molecule is CC(C)(C)[Si](C)(C)OC1=C2[C@@H]3CC[C@H](O[Si](C)(C)C)[C@@]3(C)CC[C@@H]2[C@@]2(C)CCC(=O)N(O[Si](C)(C)C)C2=C1. The Labute approximate surface area is 236 Å². The van der Waals surface area contributed by atoms with Gasteiger partial charge in [0.1, 0.15) is 5.76 Å². The predicted octanol–water partition coefficient (Wildman–Crippen LogP) is 8.60. The number of piperidine rings is 1. The number of carbonyl (C=O) groups excluding carboxylic acids is 1. The molecule has 4 aliphatic rings. The number of fused-ring (bicyclic) bond motifs is 5. The van der Waals surface area contributed by atoms with Gasteiger partial charge in [-0.3, -0.25) is 4.79 Å². The minimum atomic E-state index is -2.12. The van der Waals surface area contributed by atoms with Gasteiger partial charge in [0.25, 0.3) is 0 Å². The van der Waals surface area contributed by atoms with E-state index in [-0.39, 0.29) is 21.8 Å². The smallest absolute Gasteiger partial charge is 0.250 e. The zero-order chi connectivity index (χ0) is 28.7. The van der Waals surface area contributed by atoms with E-state index in [0.717, 1.165) is 37.1 Å². The number of hydrogen-bond acceptors (Lipinski definition) is 4. The van der Waals surface area contributed by atoms with Crippen molar-refractivity contribution in [2.45, 2.75) is 137 Å². The number of rotatable bonds is 6. The summed E-state index contributed by atoms with van der Waals surface area (Å²) in [5, 5.41) is 1.80. The fourth-order valence-corrected chi connectivity index (χ4v) is 10.2. The number of hydroxylamine groups is 2. The third kappa shape index (κ3) is 5.33. The van der Waals surface area contributed by atoms with Gasteiger partial charge in [-0.05, 0) is 112 Å². The highest BCUT2D eigenvalue weighted by Gasteiger charge is 2.60. The molecule has 0 unspecified atom stereocenters. The number of nitrogens with zero attached hydrogens (tertiary/aromatic N) is 1. The summed E-state index contributed by atoms with van der Waals surface area (Å²) in [5.74, 6) is 1.97. The molecule has 0 aromatic heterocycles. The molecule has 1 saturated heterocycles. The summed E-state index contributed by atoms with van der Waals surface area (Å²) in [7, 11) is -5.78. The lowest BCUT2D eigenvalue weighted by Gasteiger charge is -2.56. The number of carbonyl (C=O) groups is 1. The maximum atomic E-state index is 13.3. The van der Waals surface area contributed by atoms with E-state index in [0.29, 0.717) is 24.4 Å². The molecule has 2 saturated carbocycles. The van der Waals surface area contributed by atoms with Gasteiger partial charge in [-0.15, -0.1) is 0 Å². The van der Waals surface area contributed by atoms with E-state index in [1.54, 1.807) is 5.06 Å². The van der Waals surface area contributed by atoms with Gasteiger partial charge in [-0.1, -0.05) is 34.6 Å². The summed E-state index contributed by atoms with van der Waals surface area (Å²) in [6.07, 6.45) is 8.57. The van der Waals surface area contributed by atoms with Crippen molar-refractivity contribution in [3.63, 3.8) is 0 Å². The molecule has 5 atom stereocenters. The van der Waals surface area contributed by atoms with E-state index >= 15 is 0 Å². The molecule has 1 aliphatic heterocycles. The first-order valence-electron chi connectivity index (χ1n) is 14.9. The van der Waals surface area contributed by atoms with Gasteiger partial charge in [-0.2, -0.15) is 0 Å². The second-order valence-corrected chi connectivity index (χ2v) is 30.1. The minimum absolute atomic E-state index is 0.0866. The quantitative estimate of drug-likeness (QED) is 0.297. The van der Waals surface area contributed by atoms with Crippen molar-refractivity contribution in [2.24, 2.45) is 22.7 Å². The number of hydrogen-bond donors (Lipinski definition) is 0. The standard InChI is InChI=1S/C30H55NO4Si3/c1-28(2,3)38(12,13)33-23-20-24-29(4,19-17-26(32)31(24)35-37(9,10)11)22-16-18-30(5)21(27(22)23)14-15-25(30)34-36(6,7)8/h20-22,25H,14-19H2,1-13H3/t21-,22-,25-,29+,30-/m0/s1. The largest absolute Gasteiger partial charge is 0.543 e. The van der Waals surface area contributed by atoms with Crippen molar-refractivity contribution < 1.29 is 18.2 Å². The van der Waals surface area contributed by atoms with E-state index < -0.39 is 25.0 Å². The van der Waals surface area contributed by atoms with Gasteiger partial charge in [0.2, 0.25) is 22.5 Å². The summed E-state index contributed by atoms with van der Waals surface area (Å²) in [5.41, 5.74) is 2.57. The van der Waals surface area contributed by atoms with E-state index in [1.165, 1.54) is 12.0 Å². The second kappa shape index (κ2) is 9.43. The molecule has 0 spiro atoms. The van der Waals surface area contributed by atoms with Gasteiger partial charge >= 0.3 is 0 Å². The summed E-state index contributed by atoms with van der Waals surface area (Å²) in [6, 6.07) is 0. The van der Waals surface area contributed by atoms with Gasteiger partial charge in [0.05, 0.1) is 11.8 Å². The molecule has 3 aliphatic carbocycles. The summed E-state index contributed by atoms with van der Waals surface area (Å²) < 4.78 is 20.6. The Morgan fingerprint density at radius 2 is 1.53 bits per heavy atom. The monoisotopic (exact) mass is 577 g/mol. The molecule has 0 radical (unpaired) electrons. The fraction of sp³-hybridized carbons (Fsp3) is 0.833. The Morgan fingerprint density at radius 1 is 0.895 bits per heavy atom. The van der Waals surface area contributed by atoms with Gasteiger partial charge in [0.15, 0.2) is 8.32 Å². The molecule has 0 aromatic carbocycles. The Morgan fingerprint density at radius 3 is 2.08 bits per heavy atom. The van der Waals surface area contributed by atoms with Crippen molar-refractivity contribution in [1.82, 2.24) is 5.06 Å². The van der Waals surface area contributed by atoms with Crippen molar-refractivity contribution in [2.75, 3.05) is 0 Å². The molecule has 1 heterocycles. The maximum Gasteiger partial charge on any atom is 0.250 e. The summed E-state index contributed by atoms with van der Waals surface area (Å²) in [4.78, 5) is 13.3. The van der Waals surface area contributed by atoms with Crippen LogP contribution in [0.25, 0.3) is 0 Å². The molecule has 216 valence electrons. The number of allylic oxidation sites excluding steroid dienone is 3. The van der Waals surface area contributed by atoms with Crippen LogP contribution in [0, 0.1) is 22.7 Å². The van der Waals surface area contributed by atoms with Gasteiger partial charge in [-0.25, -0.2) is 5.06 Å². The molecule has 4 rings (SSSR count). The molecule has 38 heavy (non-hydrogen) atoms. The van der Waals surface area contributed by atoms with E-state index in [4.69, 9.17) is 13.4 Å².